The van der Waals surface area contributed by atoms with Crippen molar-refractivity contribution in [2.75, 3.05) is 24.2 Å². The minimum atomic E-state index is -4.68. The van der Waals surface area contributed by atoms with E-state index >= 15 is 0 Å². The van der Waals surface area contributed by atoms with E-state index in [1.165, 1.54) is 24.3 Å². The zero-order valence-corrected chi connectivity index (χ0v) is 17.3. The maximum atomic E-state index is 13.0. The third kappa shape index (κ3) is 5.94. The number of nitrogens with zero attached hydrogens (tertiary/aromatic N) is 1. The lowest BCUT2D eigenvalue weighted by Crippen LogP contribution is -2.35. The van der Waals surface area contributed by atoms with Crippen LogP contribution in [0.5, 0.6) is 0 Å². The number of hydrogen-bond donors (Lipinski definition) is 2. The molecule has 0 radical (unpaired) electrons. The molecule has 0 unspecified atom stereocenters. The molecule has 0 aromatic heterocycles. The molecular formula is C18H17ClF3N3O4S. The summed E-state index contributed by atoms with van der Waals surface area (Å²) in [4.78, 5) is 23.5. The summed E-state index contributed by atoms with van der Waals surface area (Å²) < 4.78 is 64.7. The number of sulfonamides is 1. The predicted octanol–water partition coefficient (Wildman–Crippen LogP) is 3.58. The number of likely N-dealkylation sites (N-methyl/N-ethyl adjacent to an activating group) is 1. The van der Waals surface area contributed by atoms with E-state index in [1.807, 2.05) is 0 Å². The van der Waals surface area contributed by atoms with E-state index in [9.17, 15) is 31.2 Å². The third-order valence-electron chi connectivity index (χ3n) is 3.82. The molecule has 30 heavy (non-hydrogen) atoms. The summed E-state index contributed by atoms with van der Waals surface area (Å²) in [6.07, 6.45) is -4.68. The first-order chi connectivity index (χ1) is 13.8. The van der Waals surface area contributed by atoms with E-state index in [-0.39, 0.29) is 16.3 Å². The number of anilines is 2. The topological polar surface area (TPSA) is 95.6 Å². The smallest absolute Gasteiger partial charge is 0.325 e. The summed E-state index contributed by atoms with van der Waals surface area (Å²) in [5.41, 5.74) is -1.43. The third-order valence-corrected chi connectivity index (χ3v) is 5.89. The second-order valence-electron chi connectivity index (χ2n) is 6.20. The molecule has 0 bridgehead atoms. The molecule has 12 heteroatoms. The van der Waals surface area contributed by atoms with Crippen LogP contribution in [0.2, 0.25) is 5.02 Å². The normalized spacial score (nSPS) is 12.0. The van der Waals surface area contributed by atoms with Crippen molar-refractivity contribution in [2.45, 2.75) is 18.0 Å². The van der Waals surface area contributed by atoms with Gasteiger partial charge in [0.15, 0.2) is 0 Å². The highest BCUT2D eigenvalue weighted by Crippen LogP contribution is 2.34. The van der Waals surface area contributed by atoms with Crippen LogP contribution >= 0.6 is 11.6 Å². The summed E-state index contributed by atoms with van der Waals surface area (Å²) in [5, 5.41) is 4.84. The average molecular weight is 464 g/mol. The Balaban J connectivity index is 2.23. The summed E-state index contributed by atoms with van der Waals surface area (Å²) >= 11 is 5.73. The number of benzene rings is 2. The molecule has 0 saturated heterocycles. The lowest BCUT2D eigenvalue weighted by atomic mass is 10.1. The number of amides is 2. The Labute approximate surface area is 175 Å². The Kier molecular flexibility index (Phi) is 7.11. The molecule has 0 heterocycles. The Bertz CT molecular complexity index is 1060. The first kappa shape index (κ1) is 23.6. The molecular weight excluding hydrogens is 447 g/mol. The minimum Gasteiger partial charge on any atom is -0.325 e. The SMILES string of the molecule is CC(=O)Nc1ccc(C(F)(F)F)cc1NC(=O)CN(C)S(=O)(=O)c1ccc(Cl)cc1. The molecule has 0 spiro atoms. The minimum absolute atomic E-state index is 0.0629. The van der Waals surface area contributed by atoms with E-state index < -0.39 is 40.1 Å². The van der Waals surface area contributed by atoms with Crippen LogP contribution in [0.4, 0.5) is 24.5 Å². The van der Waals surface area contributed by atoms with Crippen molar-refractivity contribution in [3.63, 3.8) is 0 Å². The first-order valence-electron chi connectivity index (χ1n) is 8.31. The average Bonchev–Trinajstić information content (AvgIpc) is 2.62. The Morgan fingerprint density at radius 3 is 2.17 bits per heavy atom. The van der Waals surface area contributed by atoms with Gasteiger partial charge in [0, 0.05) is 19.0 Å². The summed E-state index contributed by atoms with van der Waals surface area (Å²) in [5.74, 6) is -1.46. The molecule has 2 aromatic rings. The summed E-state index contributed by atoms with van der Waals surface area (Å²) in [6.45, 7) is 0.469. The van der Waals surface area contributed by atoms with E-state index in [0.717, 1.165) is 30.4 Å². The summed E-state index contributed by atoms with van der Waals surface area (Å²) in [7, 11) is -2.90. The fraction of sp³-hybridized carbons (Fsp3) is 0.222. The Morgan fingerprint density at radius 2 is 1.63 bits per heavy atom. The zero-order valence-electron chi connectivity index (χ0n) is 15.7. The van der Waals surface area contributed by atoms with E-state index in [4.69, 9.17) is 11.6 Å². The van der Waals surface area contributed by atoms with Crippen LogP contribution in [-0.2, 0) is 25.8 Å². The molecule has 0 saturated carbocycles. The van der Waals surface area contributed by atoms with Crippen LogP contribution in [0.15, 0.2) is 47.4 Å². The second-order valence-corrected chi connectivity index (χ2v) is 8.68. The summed E-state index contributed by atoms with van der Waals surface area (Å²) in [6, 6.07) is 7.64. The fourth-order valence-corrected chi connectivity index (χ4v) is 3.64. The van der Waals surface area contributed by atoms with Crippen molar-refractivity contribution in [3.8, 4) is 0 Å². The van der Waals surface area contributed by atoms with Crippen LogP contribution in [-0.4, -0.2) is 38.1 Å². The van der Waals surface area contributed by atoms with Gasteiger partial charge < -0.3 is 10.6 Å². The number of alkyl halides is 3. The molecule has 2 amide bonds. The highest BCUT2D eigenvalue weighted by molar-refractivity contribution is 7.89. The second kappa shape index (κ2) is 9.02. The monoisotopic (exact) mass is 463 g/mol. The van der Waals surface area contributed by atoms with Crippen molar-refractivity contribution in [2.24, 2.45) is 0 Å². The molecule has 0 aliphatic carbocycles. The van der Waals surface area contributed by atoms with Gasteiger partial charge in [0.2, 0.25) is 21.8 Å². The van der Waals surface area contributed by atoms with E-state index in [1.54, 1.807) is 0 Å². The number of carbonyl (C=O) groups excluding carboxylic acids is 2. The van der Waals surface area contributed by atoms with Gasteiger partial charge in [0.05, 0.1) is 28.4 Å². The molecule has 0 atom stereocenters. The zero-order chi connectivity index (χ0) is 22.7. The van der Waals surface area contributed by atoms with Gasteiger partial charge in [0.25, 0.3) is 0 Å². The maximum absolute atomic E-state index is 13.0. The first-order valence-corrected chi connectivity index (χ1v) is 10.1. The van der Waals surface area contributed by atoms with Gasteiger partial charge in [-0.1, -0.05) is 11.6 Å². The number of nitrogens with one attached hydrogen (secondary N) is 2. The fourth-order valence-electron chi connectivity index (χ4n) is 2.39. The van der Waals surface area contributed by atoms with E-state index in [0.29, 0.717) is 11.1 Å². The molecule has 0 aliphatic heterocycles. The number of carbonyl (C=O) groups is 2. The molecule has 7 nitrogen and oxygen atoms in total. The van der Waals surface area contributed by atoms with Crippen LogP contribution in [0, 0.1) is 0 Å². The van der Waals surface area contributed by atoms with Crippen molar-refractivity contribution < 1.29 is 31.2 Å². The molecule has 0 fully saturated rings. The van der Waals surface area contributed by atoms with Crippen molar-refractivity contribution in [3.05, 3.63) is 53.1 Å². The molecule has 2 N–H and O–H groups in total. The number of rotatable bonds is 6. The van der Waals surface area contributed by atoms with Gasteiger partial charge >= 0.3 is 6.18 Å². The van der Waals surface area contributed by atoms with E-state index in [2.05, 4.69) is 10.6 Å². The van der Waals surface area contributed by atoms with Gasteiger partial charge in [-0.15, -0.1) is 0 Å². The Hall–Kier alpha value is -2.63. The number of hydrogen-bond acceptors (Lipinski definition) is 4. The number of halogens is 4. The predicted molar refractivity (Wildman–Crippen MR) is 106 cm³/mol. The lowest BCUT2D eigenvalue weighted by Gasteiger charge is -2.18. The van der Waals surface area contributed by atoms with Gasteiger partial charge in [-0.2, -0.15) is 17.5 Å². The molecule has 162 valence electrons. The maximum Gasteiger partial charge on any atom is 0.416 e. The van der Waals surface area contributed by atoms with Gasteiger partial charge in [0.1, 0.15) is 0 Å². The Morgan fingerprint density at radius 1 is 1.03 bits per heavy atom. The van der Waals surface area contributed by atoms with Crippen molar-refractivity contribution >= 4 is 44.8 Å². The quantitative estimate of drug-likeness (QED) is 0.684. The van der Waals surface area contributed by atoms with Gasteiger partial charge in [-0.05, 0) is 42.5 Å². The standard InChI is InChI=1S/C18H17ClF3N3O4S/c1-11(26)23-15-8-3-12(18(20,21)22)9-16(15)24-17(27)10-25(2)30(28,29)14-6-4-13(19)5-7-14/h3-9H,10H2,1-2H3,(H,23,26)(H,24,27). The van der Waals surface area contributed by atoms with Gasteiger partial charge in [-0.3, -0.25) is 9.59 Å². The van der Waals surface area contributed by atoms with Crippen LogP contribution < -0.4 is 10.6 Å². The highest BCUT2D eigenvalue weighted by Gasteiger charge is 2.31. The molecule has 2 aromatic carbocycles. The lowest BCUT2D eigenvalue weighted by molar-refractivity contribution is -0.137. The van der Waals surface area contributed by atoms with Crippen molar-refractivity contribution in [1.29, 1.82) is 0 Å². The van der Waals surface area contributed by atoms with Crippen molar-refractivity contribution in [1.82, 2.24) is 4.31 Å². The molecule has 2 rings (SSSR count). The van der Waals surface area contributed by atoms with Crippen LogP contribution in [0.3, 0.4) is 0 Å². The largest absolute Gasteiger partial charge is 0.416 e. The molecule has 0 aliphatic rings. The highest BCUT2D eigenvalue weighted by atomic mass is 35.5. The van der Waals surface area contributed by atoms with Crippen LogP contribution in [0.1, 0.15) is 12.5 Å². The van der Waals surface area contributed by atoms with Gasteiger partial charge in [-0.25, -0.2) is 8.42 Å². The van der Waals surface area contributed by atoms with Crippen LogP contribution in [0.25, 0.3) is 0 Å².